The van der Waals surface area contributed by atoms with Crippen LogP contribution in [0.1, 0.15) is 34.3 Å². The van der Waals surface area contributed by atoms with Crippen LogP contribution >= 0.6 is 0 Å². The second-order valence-corrected chi connectivity index (χ2v) is 9.72. The predicted molar refractivity (Wildman–Crippen MR) is 122 cm³/mol. The molecule has 0 saturated carbocycles. The van der Waals surface area contributed by atoms with Crippen LogP contribution in [0.5, 0.6) is 0 Å². The zero-order valence-corrected chi connectivity index (χ0v) is 18.4. The molecule has 0 unspecified atom stereocenters. The molecule has 0 atom stereocenters. The van der Waals surface area contributed by atoms with Gasteiger partial charge in [0.2, 0.25) is 10.0 Å². The summed E-state index contributed by atoms with van der Waals surface area (Å²) in [5, 5.41) is 2.75. The lowest BCUT2D eigenvalue weighted by atomic mass is 10.2. The third-order valence-electron chi connectivity index (χ3n) is 5.54. The number of carbonyl (C=O) groups is 1. The summed E-state index contributed by atoms with van der Waals surface area (Å²) in [6.45, 7) is 1.68. The molecule has 1 saturated heterocycles. The molecule has 1 aromatic heterocycles. The van der Waals surface area contributed by atoms with Crippen molar-refractivity contribution in [3.63, 3.8) is 0 Å². The minimum absolute atomic E-state index is 0.0664. The van der Waals surface area contributed by atoms with E-state index in [-0.39, 0.29) is 22.6 Å². The first kappa shape index (κ1) is 22.0. The third-order valence-corrected chi connectivity index (χ3v) is 7.45. The number of sulfonamides is 1. The molecule has 8 heteroatoms. The van der Waals surface area contributed by atoms with Crippen LogP contribution in [-0.4, -0.2) is 36.3 Å². The molecule has 1 aliphatic heterocycles. The summed E-state index contributed by atoms with van der Waals surface area (Å²) in [5.74, 6) is -0.467. The Kier molecular flexibility index (Phi) is 6.53. The largest absolute Gasteiger partial charge is 0.348 e. The highest BCUT2D eigenvalue weighted by Crippen LogP contribution is 2.21. The van der Waals surface area contributed by atoms with Gasteiger partial charge in [0, 0.05) is 25.8 Å². The zero-order valence-electron chi connectivity index (χ0n) is 17.6. The second kappa shape index (κ2) is 9.50. The van der Waals surface area contributed by atoms with Crippen LogP contribution in [0.2, 0.25) is 0 Å². The third kappa shape index (κ3) is 4.81. The molecule has 32 heavy (non-hydrogen) atoms. The molecule has 0 bridgehead atoms. The van der Waals surface area contributed by atoms with Crippen molar-refractivity contribution < 1.29 is 13.2 Å². The first-order valence-corrected chi connectivity index (χ1v) is 12.0. The lowest BCUT2D eigenvalue weighted by Gasteiger charge is -2.15. The van der Waals surface area contributed by atoms with Crippen LogP contribution in [0, 0.1) is 0 Å². The fourth-order valence-electron chi connectivity index (χ4n) is 3.75. The maximum absolute atomic E-state index is 12.7. The fourth-order valence-corrected chi connectivity index (χ4v) is 5.27. The zero-order chi connectivity index (χ0) is 22.6. The van der Waals surface area contributed by atoms with Crippen LogP contribution in [0.4, 0.5) is 0 Å². The van der Waals surface area contributed by atoms with Crippen molar-refractivity contribution >= 4 is 15.9 Å². The number of hydrogen-bond acceptors (Lipinski definition) is 4. The number of benzene rings is 2. The van der Waals surface area contributed by atoms with E-state index in [0.29, 0.717) is 19.6 Å². The standard InChI is InChI=1S/C24H25N3O4S/c28-23(22-9-6-14-26(24(22)29)18-20-7-2-1-3-8-20)25-17-19-10-12-21(13-11-19)32(30,31)27-15-4-5-16-27/h1-3,6-14H,4-5,15-18H2,(H,25,28). The topological polar surface area (TPSA) is 88.5 Å². The van der Waals surface area contributed by atoms with Gasteiger partial charge >= 0.3 is 0 Å². The van der Waals surface area contributed by atoms with Gasteiger partial charge in [-0.2, -0.15) is 4.31 Å². The first-order valence-electron chi connectivity index (χ1n) is 10.6. The van der Waals surface area contributed by atoms with Gasteiger partial charge in [-0.15, -0.1) is 0 Å². The van der Waals surface area contributed by atoms with Crippen LogP contribution in [0.25, 0.3) is 0 Å². The number of nitrogens with one attached hydrogen (secondary N) is 1. The number of carbonyl (C=O) groups excluding carboxylic acids is 1. The smallest absolute Gasteiger partial charge is 0.263 e. The van der Waals surface area contributed by atoms with Crippen molar-refractivity contribution in [2.24, 2.45) is 0 Å². The lowest BCUT2D eigenvalue weighted by Crippen LogP contribution is -2.32. The van der Waals surface area contributed by atoms with E-state index < -0.39 is 15.9 Å². The molecule has 7 nitrogen and oxygen atoms in total. The minimum Gasteiger partial charge on any atom is -0.348 e. The molecule has 0 spiro atoms. The summed E-state index contributed by atoms with van der Waals surface area (Å²) in [5.41, 5.74) is 1.42. The Hall–Kier alpha value is -3.23. The van der Waals surface area contributed by atoms with Gasteiger partial charge in [0.15, 0.2) is 0 Å². The van der Waals surface area contributed by atoms with E-state index >= 15 is 0 Å². The lowest BCUT2D eigenvalue weighted by molar-refractivity contribution is 0.0948. The van der Waals surface area contributed by atoms with Gasteiger partial charge in [-0.3, -0.25) is 9.59 Å². The van der Waals surface area contributed by atoms with Crippen LogP contribution < -0.4 is 10.9 Å². The molecule has 1 aliphatic rings. The molecule has 3 aromatic rings. The Morgan fingerprint density at radius 1 is 0.875 bits per heavy atom. The van der Waals surface area contributed by atoms with Crippen molar-refractivity contribution in [2.45, 2.75) is 30.8 Å². The Balaban J connectivity index is 1.42. The molecule has 1 fully saturated rings. The summed E-state index contributed by atoms with van der Waals surface area (Å²) >= 11 is 0. The van der Waals surface area contributed by atoms with E-state index in [4.69, 9.17) is 0 Å². The highest BCUT2D eigenvalue weighted by atomic mass is 32.2. The van der Waals surface area contributed by atoms with E-state index in [1.807, 2.05) is 30.3 Å². The number of pyridine rings is 1. The molecule has 4 rings (SSSR count). The van der Waals surface area contributed by atoms with Gasteiger partial charge in [0.25, 0.3) is 11.5 Å². The SMILES string of the molecule is O=C(NCc1ccc(S(=O)(=O)N2CCCC2)cc1)c1cccn(Cc2ccccc2)c1=O. The number of amides is 1. The summed E-state index contributed by atoms with van der Waals surface area (Å²) in [7, 11) is -3.46. The van der Waals surface area contributed by atoms with E-state index in [1.54, 1.807) is 36.5 Å². The van der Waals surface area contributed by atoms with E-state index in [0.717, 1.165) is 24.0 Å². The van der Waals surface area contributed by atoms with Crippen molar-refractivity contribution in [1.82, 2.24) is 14.2 Å². The van der Waals surface area contributed by atoms with Crippen LogP contribution in [-0.2, 0) is 23.1 Å². The first-order chi connectivity index (χ1) is 15.4. The van der Waals surface area contributed by atoms with Gasteiger partial charge in [0.1, 0.15) is 5.56 Å². The Morgan fingerprint density at radius 3 is 2.25 bits per heavy atom. The molecule has 0 aliphatic carbocycles. The number of hydrogen-bond donors (Lipinski definition) is 1. The van der Waals surface area contributed by atoms with E-state index in [9.17, 15) is 18.0 Å². The Morgan fingerprint density at radius 2 is 1.56 bits per heavy atom. The Labute approximate surface area is 187 Å². The van der Waals surface area contributed by atoms with Crippen molar-refractivity contribution in [1.29, 1.82) is 0 Å². The van der Waals surface area contributed by atoms with E-state index in [1.165, 1.54) is 14.9 Å². The maximum atomic E-state index is 12.7. The average Bonchev–Trinajstić information content (AvgIpc) is 3.36. The van der Waals surface area contributed by atoms with Gasteiger partial charge in [-0.1, -0.05) is 42.5 Å². The molecular weight excluding hydrogens is 426 g/mol. The molecule has 1 amide bonds. The summed E-state index contributed by atoms with van der Waals surface area (Å²) in [6.07, 6.45) is 3.43. The monoisotopic (exact) mass is 451 g/mol. The minimum atomic E-state index is -3.46. The highest BCUT2D eigenvalue weighted by Gasteiger charge is 2.26. The number of rotatable bonds is 7. The van der Waals surface area contributed by atoms with Gasteiger partial charge in [-0.25, -0.2) is 8.42 Å². The van der Waals surface area contributed by atoms with Crippen LogP contribution in [0.3, 0.4) is 0 Å². The second-order valence-electron chi connectivity index (χ2n) is 7.78. The van der Waals surface area contributed by atoms with Crippen molar-refractivity contribution in [3.05, 3.63) is 100.0 Å². The van der Waals surface area contributed by atoms with Gasteiger partial charge < -0.3 is 9.88 Å². The van der Waals surface area contributed by atoms with Crippen LogP contribution in [0.15, 0.2) is 82.6 Å². The van der Waals surface area contributed by atoms with Crippen molar-refractivity contribution in [2.75, 3.05) is 13.1 Å². The summed E-state index contributed by atoms with van der Waals surface area (Å²) in [4.78, 5) is 25.6. The summed E-state index contributed by atoms with van der Waals surface area (Å²) < 4.78 is 28.2. The molecule has 1 N–H and O–H groups in total. The average molecular weight is 452 g/mol. The molecule has 2 heterocycles. The number of aromatic nitrogens is 1. The molecule has 0 radical (unpaired) electrons. The van der Waals surface area contributed by atoms with Gasteiger partial charge in [0.05, 0.1) is 11.4 Å². The number of nitrogens with zero attached hydrogens (tertiary/aromatic N) is 2. The van der Waals surface area contributed by atoms with Crippen molar-refractivity contribution in [3.8, 4) is 0 Å². The maximum Gasteiger partial charge on any atom is 0.263 e. The summed E-state index contributed by atoms with van der Waals surface area (Å²) in [6, 6.07) is 19.2. The normalized spacial score (nSPS) is 14.4. The molecular formula is C24H25N3O4S. The van der Waals surface area contributed by atoms with Gasteiger partial charge in [-0.05, 0) is 48.2 Å². The predicted octanol–water partition coefficient (Wildman–Crippen LogP) is 2.61. The Bertz CT molecular complexity index is 1250. The molecule has 166 valence electrons. The quantitative estimate of drug-likeness (QED) is 0.598. The highest BCUT2D eigenvalue weighted by molar-refractivity contribution is 7.89. The molecule has 2 aromatic carbocycles. The van der Waals surface area contributed by atoms with E-state index in [2.05, 4.69) is 5.32 Å². The fraction of sp³-hybridized carbons (Fsp3) is 0.250.